The fourth-order valence-electron chi connectivity index (χ4n) is 2.45. The van der Waals surface area contributed by atoms with Crippen molar-refractivity contribution in [1.82, 2.24) is 10.7 Å². The molecule has 31 heavy (non-hydrogen) atoms. The maximum absolute atomic E-state index is 12.0. The average molecular weight is 420 g/mol. The van der Waals surface area contributed by atoms with Gasteiger partial charge in [-0.15, -0.1) is 0 Å². The molecule has 0 aliphatic carbocycles. The van der Waals surface area contributed by atoms with Crippen LogP contribution in [0.2, 0.25) is 0 Å². The number of nitrogens with one attached hydrogen (secondary N) is 3. The van der Waals surface area contributed by atoms with Crippen LogP contribution < -0.4 is 20.8 Å². The summed E-state index contributed by atoms with van der Waals surface area (Å²) in [6.45, 7) is -0.119. The summed E-state index contributed by atoms with van der Waals surface area (Å²) in [5.41, 5.74) is 3.32. The number of benzene rings is 2. The summed E-state index contributed by atoms with van der Waals surface area (Å²) in [4.78, 5) is 35.6. The number of hydrogen-bond acceptors (Lipinski definition) is 6. The molecule has 9 nitrogen and oxygen atoms in total. The second-order valence-electron chi connectivity index (χ2n) is 6.20. The normalized spacial score (nSPS) is 10.5. The van der Waals surface area contributed by atoms with Crippen LogP contribution >= 0.6 is 0 Å². The number of hydrazone groups is 1. The van der Waals surface area contributed by atoms with E-state index in [1.54, 1.807) is 48.5 Å². The van der Waals surface area contributed by atoms with Gasteiger partial charge in [0, 0.05) is 11.3 Å². The molecule has 0 atom stereocenters. The maximum Gasteiger partial charge on any atom is 0.329 e. The van der Waals surface area contributed by atoms with E-state index in [0.717, 1.165) is 0 Å². The van der Waals surface area contributed by atoms with Gasteiger partial charge < -0.3 is 19.8 Å². The van der Waals surface area contributed by atoms with E-state index in [1.807, 2.05) is 18.2 Å². The molecule has 3 rings (SSSR count). The second-order valence-corrected chi connectivity index (χ2v) is 6.20. The fourth-order valence-corrected chi connectivity index (χ4v) is 2.45. The van der Waals surface area contributed by atoms with Gasteiger partial charge in [-0.1, -0.05) is 30.3 Å². The molecule has 0 aliphatic heterocycles. The summed E-state index contributed by atoms with van der Waals surface area (Å²) >= 11 is 0. The molecule has 0 fully saturated rings. The number of rotatable bonds is 8. The van der Waals surface area contributed by atoms with Crippen molar-refractivity contribution in [1.29, 1.82) is 0 Å². The first kappa shape index (κ1) is 21.3. The number of anilines is 1. The molecule has 0 bridgehead atoms. The molecule has 0 unspecified atom stereocenters. The van der Waals surface area contributed by atoms with Gasteiger partial charge in [0.2, 0.25) is 0 Å². The Morgan fingerprint density at radius 3 is 2.48 bits per heavy atom. The van der Waals surface area contributed by atoms with Crippen molar-refractivity contribution in [3.05, 3.63) is 84.3 Å². The van der Waals surface area contributed by atoms with Crippen molar-refractivity contribution < 1.29 is 23.5 Å². The Kier molecular flexibility index (Phi) is 7.53. The van der Waals surface area contributed by atoms with Crippen molar-refractivity contribution in [3.8, 4) is 5.75 Å². The predicted molar refractivity (Wildman–Crippen MR) is 113 cm³/mol. The third kappa shape index (κ3) is 6.86. The highest BCUT2D eigenvalue weighted by atomic mass is 16.5. The highest BCUT2D eigenvalue weighted by molar-refractivity contribution is 6.35. The average Bonchev–Trinajstić information content (AvgIpc) is 3.31. The lowest BCUT2D eigenvalue weighted by atomic mass is 10.2. The number of ether oxygens (including phenoxy) is 1. The molecule has 2 aromatic carbocycles. The monoisotopic (exact) mass is 420 g/mol. The largest absolute Gasteiger partial charge is 0.483 e. The van der Waals surface area contributed by atoms with E-state index < -0.39 is 11.8 Å². The molecule has 3 N–H and O–H groups in total. The molecule has 1 heterocycles. The molecule has 0 radical (unpaired) electrons. The number of carbonyl (C=O) groups is 3. The van der Waals surface area contributed by atoms with E-state index in [1.165, 1.54) is 12.5 Å². The summed E-state index contributed by atoms with van der Waals surface area (Å²) in [6.07, 6.45) is 2.79. The van der Waals surface area contributed by atoms with Crippen molar-refractivity contribution >= 4 is 29.6 Å². The Hall–Kier alpha value is -4.40. The third-order valence-corrected chi connectivity index (χ3v) is 3.91. The first-order valence-corrected chi connectivity index (χ1v) is 9.32. The molecular weight excluding hydrogens is 400 g/mol. The van der Waals surface area contributed by atoms with Gasteiger partial charge in [0.25, 0.3) is 5.91 Å². The highest BCUT2D eigenvalue weighted by Gasteiger charge is 2.12. The van der Waals surface area contributed by atoms with Crippen LogP contribution in [0.15, 0.2) is 82.5 Å². The molecule has 0 spiro atoms. The van der Waals surface area contributed by atoms with Gasteiger partial charge in [0.05, 0.1) is 19.0 Å². The quantitative estimate of drug-likeness (QED) is 0.293. The van der Waals surface area contributed by atoms with Gasteiger partial charge in [-0.2, -0.15) is 5.10 Å². The van der Waals surface area contributed by atoms with Crippen LogP contribution in [0.5, 0.6) is 5.75 Å². The van der Waals surface area contributed by atoms with Gasteiger partial charge >= 0.3 is 11.8 Å². The molecule has 3 amide bonds. The number of furan rings is 1. The zero-order chi connectivity index (χ0) is 21.9. The van der Waals surface area contributed by atoms with Gasteiger partial charge in [0.15, 0.2) is 6.61 Å². The first-order valence-electron chi connectivity index (χ1n) is 9.32. The summed E-state index contributed by atoms with van der Waals surface area (Å²) < 4.78 is 10.6. The number of carbonyl (C=O) groups excluding carboxylic acids is 3. The lowest BCUT2D eigenvalue weighted by Crippen LogP contribution is -2.37. The van der Waals surface area contributed by atoms with E-state index >= 15 is 0 Å². The minimum Gasteiger partial charge on any atom is -0.483 e. The Labute approximate surface area is 178 Å². The molecule has 3 aromatic rings. The molecule has 0 saturated carbocycles. The number of para-hydroxylation sites is 2. The van der Waals surface area contributed by atoms with Gasteiger partial charge in [-0.05, 0) is 36.4 Å². The topological polar surface area (TPSA) is 122 Å². The Bertz CT molecular complexity index is 1050. The van der Waals surface area contributed by atoms with Crippen molar-refractivity contribution in [3.63, 3.8) is 0 Å². The number of nitrogens with zero attached hydrogens (tertiary/aromatic N) is 1. The SMILES string of the molecule is O=C(COc1ccccc1/C=N\NC(=O)C(=O)NCc1ccco1)Nc1ccccc1. The number of amides is 3. The highest BCUT2D eigenvalue weighted by Crippen LogP contribution is 2.16. The van der Waals surface area contributed by atoms with Crippen LogP contribution in [0.3, 0.4) is 0 Å². The van der Waals surface area contributed by atoms with Crippen molar-refractivity contribution in [2.24, 2.45) is 5.10 Å². The van der Waals surface area contributed by atoms with Crippen LogP contribution in [-0.2, 0) is 20.9 Å². The van der Waals surface area contributed by atoms with E-state index in [2.05, 4.69) is 21.2 Å². The lowest BCUT2D eigenvalue weighted by molar-refractivity contribution is -0.139. The smallest absolute Gasteiger partial charge is 0.329 e. The van der Waals surface area contributed by atoms with Gasteiger partial charge in [-0.25, -0.2) is 5.43 Å². The molecule has 9 heteroatoms. The van der Waals surface area contributed by atoms with Crippen LogP contribution in [-0.4, -0.2) is 30.5 Å². The van der Waals surface area contributed by atoms with Crippen LogP contribution in [0.4, 0.5) is 5.69 Å². The zero-order valence-corrected chi connectivity index (χ0v) is 16.4. The minimum atomic E-state index is -0.927. The van der Waals surface area contributed by atoms with E-state index in [9.17, 15) is 14.4 Å². The van der Waals surface area contributed by atoms with Crippen molar-refractivity contribution in [2.45, 2.75) is 6.54 Å². The molecule has 158 valence electrons. The lowest BCUT2D eigenvalue weighted by Gasteiger charge is -2.09. The zero-order valence-electron chi connectivity index (χ0n) is 16.4. The molecular formula is C22H20N4O5. The summed E-state index contributed by atoms with van der Waals surface area (Å²) in [5, 5.41) is 8.90. The molecule has 0 aliphatic rings. The Morgan fingerprint density at radius 1 is 0.935 bits per heavy atom. The summed E-state index contributed by atoms with van der Waals surface area (Å²) in [6, 6.07) is 19.2. The van der Waals surface area contributed by atoms with E-state index in [4.69, 9.17) is 9.15 Å². The van der Waals surface area contributed by atoms with E-state index in [0.29, 0.717) is 22.8 Å². The first-order chi connectivity index (χ1) is 15.1. The Balaban J connectivity index is 1.48. The van der Waals surface area contributed by atoms with Crippen molar-refractivity contribution in [2.75, 3.05) is 11.9 Å². The Morgan fingerprint density at radius 2 is 1.71 bits per heavy atom. The fraction of sp³-hybridized carbons (Fsp3) is 0.0909. The predicted octanol–water partition coefficient (Wildman–Crippen LogP) is 2.06. The summed E-state index contributed by atoms with van der Waals surface area (Å²) in [7, 11) is 0. The van der Waals surface area contributed by atoms with E-state index in [-0.39, 0.29) is 19.1 Å². The summed E-state index contributed by atoms with van der Waals surface area (Å²) in [5.74, 6) is -1.18. The maximum atomic E-state index is 12.0. The van der Waals surface area contributed by atoms with Gasteiger partial charge in [0.1, 0.15) is 11.5 Å². The number of hydrogen-bond donors (Lipinski definition) is 3. The third-order valence-electron chi connectivity index (χ3n) is 3.91. The molecule has 1 aromatic heterocycles. The van der Waals surface area contributed by atoms with Crippen LogP contribution in [0.1, 0.15) is 11.3 Å². The second kappa shape index (κ2) is 11.0. The minimum absolute atomic E-state index is 0.0880. The van der Waals surface area contributed by atoms with Crippen LogP contribution in [0, 0.1) is 0 Å². The standard InChI is InChI=1S/C22H20N4O5/c27-20(25-17-8-2-1-3-9-17)15-31-19-11-5-4-7-16(19)13-24-26-22(29)21(28)23-14-18-10-6-12-30-18/h1-13H,14-15H2,(H,23,28)(H,25,27)(H,26,29)/b24-13-. The van der Waals surface area contributed by atoms with Gasteiger partial charge in [-0.3, -0.25) is 14.4 Å². The van der Waals surface area contributed by atoms with Crippen LogP contribution in [0.25, 0.3) is 0 Å². The molecule has 0 saturated heterocycles.